The van der Waals surface area contributed by atoms with Crippen LogP contribution in [0.25, 0.3) is 11.0 Å². The van der Waals surface area contributed by atoms with Gasteiger partial charge in [-0.1, -0.05) is 29.5 Å². The third-order valence-electron chi connectivity index (χ3n) is 3.30. The number of aromatic nitrogens is 3. The Labute approximate surface area is 123 Å². The highest BCUT2D eigenvalue weighted by molar-refractivity contribution is 5.74. The summed E-state index contributed by atoms with van der Waals surface area (Å²) in [4.78, 5) is 0. The Balaban J connectivity index is 2.08. The van der Waals surface area contributed by atoms with Crippen molar-refractivity contribution < 1.29 is 9.47 Å². The Morgan fingerprint density at radius 3 is 2.81 bits per heavy atom. The summed E-state index contributed by atoms with van der Waals surface area (Å²) in [6, 6.07) is 15.6. The number of hydrogen-bond acceptors (Lipinski definition) is 4. The Morgan fingerprint density at radius 1 is 1.14 bits per heavy atom. The molecule has 1 unspecified atom stereocenters. The maximum atomic E-state index is 5.88. The number of ether oxygens (including phenoxy) is 2. The van der Waals surface area contributed by atoms with Crippen molar-refractivity contribution >= 4 is 11.0 Å². The topological polar surface area (TPSA) is 49.2 Å². The normalized spacial score (nSPS) is 12.5. The highest BCUT2D eigenvalue weighted by atomic mass is 16.5. The molecule has 1 aromatic heterocycles. The fraction of sp³-hybridized carbons (Fsp3) is 0.250. The minimum absolute atomic E-state index is 0.322. The lowest BCUT2D eigenvalue weighted by molar-refractivity contribution is 0.0339. The van der Waals surface area contributed by atoms with Gasteiger partial charge >= 0.3 is 0 Å². The molecular formula is C16H17N3O2. The van der Waals surface area contributed by atoms with Crippen molar-refractivity contribution in [2.24, 2.45) is 0 Å². The van der Waals surface area contributed by atoms with E-state index in [9.17, 15) is 0 Å². The van der Waals surface area contributed by atoms with Crippen LogP contribution in [0.5, 0.6) is 5.75 Å². The van der Waals surface area contributed by atoms with Crippen LogP contribution in [0.1, 0.15) is 18.7 Å². The van der Waals surface area contributed by atoms with E-state index >= 15 is 0 Å². The van der Waals surface area contributed by atoms with Crippen molar-refractivity contribution in [3.8, 4) is 5.75 Å². The quantitative estimate of drug-likeness (QED) is 0.722. The SMILES string of the molecule is CCOC(c1cccc(OC)c1)n1nnc2ccccc21. The minimum atomic E-state index is -0.322. The second-order valence-corrected chi connectivity index (χ2v) is 4.61. The zero-order chi connectivity index (χ0) is 14.7. The average molecular weight is 283 g/mol. The van der Waals surface area contributed by atoms with Gasteiger partial charge in [-0.15, -0.1) is 5.10 Å². The first-order chi connectivity index (χ1) is 10.3. The molecule has 5 heteroatoms. The molecule has 21 heavy (non-hydrogen) atoms. The molecular weight excluding hydrogens is 266 g/mol. The molecule has 0 saturated heterocycles. The lowest BCUT2D eigenvalue weighted by Crippen LogP contribution is -2.16. The molecule has 0 N–H and O–H groups in total. The van der Waals surface area contributed by atoms with E-state index in [1.807, 2.05) is 55.5 Å². The van der Waals surface area contributed by atoms with Crippen molar-refractivity contribution in [1.82, 2.24) is 15.0 Å². The highest BCUT2D eigenvalue weighted by Gasteiger charge is 2.18. The molecule has 5 nitrogen and oxygen atoms in total. The lowest BCUT2D eigenvalue weighted by Gasteiger charge is -2.18. The zero-order valence-electron chi connectivity index (χ0n) is 12.1. The smallest absolute Gasteiger partial charge is 0.178 e. The lowest BCUT2D eigenvalue weighted by atomic mass is 10.2. The van der Waals surface area contributed by atoms with Gasteiger partial charge in [0.15, 0.2) is 6.23 Å². The predicted octanol–water partition coefficient (Wildman–Crippen LogP) is 3.02. The molecule has 0 fully saturated rings. The molecule has 2 aromatic carbocycles. The first-order valence-electron chi connectivity index (χ1n) is 6.89. The first-order valence-corrected chi connectivity index (χ1v) is 6.89. The summed E-state index contributed by atoms with van der Waals surface area (Å²) >= 11 is 0. The number of methoxy groups -OCH3 is 1. The number of para-hydroxylation sites is 1. The summed E-state index contributed by atoms with van der Waals surface area (Å²) in [7, 11) is 1.65. The van der Waals surface area contributed by atoms with Crippen LogP contribution in [-0.4, -0.2) is 28.7 Å². The summed E-state index contributed by atoms with van der Waals surface area (Å²) in [5.74, 6) is 0.793. The molecule has 1 atom stereocenters. The molecule has 0 aliphatic heterocycles. The van der Waals surface area contributed by atoms with Crippen LogP contribution in [0.2, 0.25) is 0 Å². The number of rotatable bonds is 5. The van der Waals surface area contributed by atoms with Gasteiger partial charge in [-0.25, -0.2) is 4.68 Å². The van der Waals surface area contributed by atoms with E-state index in [1.165, 1.54) is 0 Å². The van der Waals surface area contributed by atoms with Gasteiger partial charge < -0.3 is 9.47 Å². The first kappa shape index (κ1) is 13.6. The monoisotopic (exact) mass is 283 g/mol. The van der Waals surface area contributed by atoms with Gasteiger partial charge in [0.2, 0.25) is 0 Å². The third kappa shape index (κ3) is 2.60. The third-order valence-corrected chi connectivity index (χ3v) is 3.30. The average Bonchev–Trinajstić information content (AvgIpc) is 2.96. The highest BCUT2D eigenvalue weighted by Crippen LogP contribution is 2.26. The fourth-order valence-corrected chi connectivity index (χ4v) is 2.32. The van der Waals surface area contributed by atoms with Gasteiger partial charge in [0.1, 0.15) is 11.3 Å². The van der Waals surface area contributed by atoms with Crippen LogP contribution in [0.3, 0.4) is 0 Å². The molecule has 3 aromatic rings. The molecule has 0 spiro atoms. The van der Waals surface area contributed by atoms with Crippen molar-refractivity contribution in [3.05, 3.63) is 54.1 Å². The standard InChI is InChI=1S/C16H17N3O2/c1-3-21-16(12-7-6-8-13(11-12)20-2)19-15-10-5-4-9-14(15)17-18-19/h4-11,16H,3H2,1-2H3. The van der Waals surface area contributed by atoms with E-state index in [2.05, 4.69) is 10.3 Å². The fourth-order valence-electron chi connectivity index (χ4n) is 2.32. The van der Waals surface area contributed by atoms with Gasteiger partial charge in [-0.2, -0.15) is 0 Å². The minimum Gasteiger partial charge on any atom is -0.497 e. The Morgan fingerprint density at radius 2 is 2.00 bits per heavy atom. The van der Waals surface area contributed by atoms with Crippen molar-refractivity contribution in [3.63, 3.8) is 0 Å². The van der Waals surface area contributed by atoms with Crippen molar-refractivity contribution in [1.29, 1.82) is 0 Å². The summed E-state index contributed by atoms with van der Waals surface area (Å²) in [6.45, 7) is 2.54. The van der Waals surface area contributed by atoms with Gasteiger partial charge in [0.25, 0.3) is 0 Å². The molecule has 0 aliphatic carbocycles. The maximum absolute atomic E-state index is 5.88. The predicted molar refractivity (Wildman–Crippen MR) is 80.3 cm³/mol. The summed E-state index contributed by atoms with van der Waals surface area (Å²) in [5.41, 5.74) is 2.77. The summed E-state index contributed by atoms with van der Waals surface area (Å²) in [6.07, 6.45) is -0.322. The molecule has 108 valence electrons. The Bertz CT molecular complexity index is 739. The van der Waals surface area contributed by atoms with Gasteiger partial charge in [-0.3, -0.25) is 0 Å². The van der Waals surface area contributed by atoms with Crippen LogP contribution in [0.4, 0.5) is 0 Å². The van der Waals surface area contributed by atoms with Crippen LogP contribution in [-0.2, 0) is 4.74 Å². The van der Waals surface area contributed by atoms with E-state index in [0.717, 1.165) is 22.3 Å². The molecule has 0 aliphatic rings. The molecule has 0 bridgehead atoms. The Hall–Kier alpha value is -2.40. The van der Waals surface area contributed by atoms with Crippen LogP contribution >= 0.6 is 0 Å². The molecule has 0 amide bonds. The second kappa shape index (κ2) is 5.93. The Kier molecular flexibility index (Phi) is 3.83. The number of hydrogen-bond donors (Lipinski definition) is 0. The maximum Gasteiger partial charge on any atom is 0.178 e. The number of fused-ring (bicyclic) bond motifs is 1. The molecule has 0 radical (unpaired) electrons. The largest absolute Gasteiger partial charge is 0.497 e. The second-order valence-electron chi connectivity index (χ2n) is 4.61. The van der Waals surface area contributed by atoms with Crippen molar-refractivity contribution in [2.45, 2.75) is 13.2 Å². The number of benzene rings is 2. The number of nitrogens with zero attached hydrogens (tertiary/aromatic N) is 3. The molecule has 1 heterocycles. The summed E-state index contributed by atoms with van der Waals surface area (Å²) < 4.78 is 13.0. The summed E-state index contributed by atoms with van der Waals surface area (Å²) in [5, 5.41) is 8.44. The van der Waals surface area contributed by atoms with E-state index in [0.29, 0.717) is 6.61 Å². The molecule has 0 saturated carbocycles. The van der Waals surface area contributed by atoms with E-state index in [1.54, 1.807) is 11.8 Å². The van der Waals surface area contributed by atoms with Crippen LogP contribution < -0.4 is 4.74 Å². The van der Waals surface area contributed by atoms with E-state index in [4.69, 9.17) is 9.47 Å². The van der Waals surface area contributed by atoms with Crippen LogP contribution in [0, 0.1) is 0 Å². The van der Waals surface area contributed by atoms with Gasteiger partial charge in [-0.05, 0) is 31.2 Å². The van der Waals surface area contributed by atoms with E-state index < -0.39 is 0 Å². The van der Waals surface area contributed by atoms with Gasteiger partial charge in [0.05, 0.1) is 12.6 Å². The van der Waals surface area contributed by atoms with E-state index in [-0.39, 0.29) is 6.23 Å². The van der Waals surface area contributed by atoms with Crippen LogP contribution in [0.15, 0.2) is 48.5 Å². The molecule has 3 rings (SSSR count). The zero-order valence-corrected chi connectivity index (χ0v) is 12.1. The van der Waals surface area contributed by atoms with Gasteiger partial charge in [0, 0.05) is 12.2 Å². The van der Waals surface area contributed by atoms with Crippen molar-refractivity contribution in [2.75, 3.05) is 13.7 Å².